The minimum Gasteiger partial charge on any atom is -0.480 e. The van der Waals surface area contributed by atoms with Crippen LogP contribution in [-0.2, 0) is 14.3 Å². The van der Waals surface area contributed by atoms with Crippen LogP contribution in [0.25, 0.3) is 0 Å². The molecule has 5 nitrogen and oxygen atoms in total. The first kappa shape index (κ1) is 12.0. The second-order valence-electron chi connectivity index (χ2n) is 3.86. The third kappa shape index (κ3) is 2.28. The summed E-state index contributed by atoms with van der Waals surface area (Å²) in [4.78, 5) is 22.6. The van der Waals surface area contributed by atoms with Gasteiger partial charge in [0.1, 0.15) is 11.6 Å². The molecule has 1 fully saturated rings. The quantitative estimate of drug-likeness (QED) is 0.701. The summed E-state index contributed by atoms with van der Waals surface area (Å²) in [7, 11) is 1.45. The summed E-state index contributed by atoms with van der Waals surface area (Å²) >= 11 is 0. The van der Waals surface area contributed by atoms with Gasteiger partial charge in [0.2, 0.25) is 5.91 Å². The fraction of sp³-hybridized carbons (Fsp3) is 0.800. The number of aliphatic carboxylic acids is 1. The van der Waals surface area contributed by atoms with Crippen LogP contribution in [-0.4, -0.2) is 35.7 Å². The Labute approximate surface area is 88.8 Å². The predicted molar refractivity (Wildman–Crippen MR) is 53.4 cm³/mol. The molecule has 0 heterocycles. The average molecular weight is 215 g/mol. The lowest BCUT2D eigenvalue weighted by Gasteiger charge is -2.38. The van der Waals surface area contributed by atoms with Crippen molar-refractivity contribution < 1.29 is 19.4 Å². The van der Waals surface area contributed by atoms with Crippen molar-refractivity contribution in [3.63, 3.8) is 0 Å². The smallest absolute Gasteiger partial charge is 0.329 e. The zero-order chi connectivity index (χ0) is 11.5. The molecule has 2 N–H and O–H groups in total. The molecule has 0 aromatic heterocycles. The lowest BCUT2D eigenvalue weighted by atomic mass is 9.76. The number of nitrogens with one attached hydrogen (secondary N) is 1. The summed E-state index contributed by atoms with van der Waals surface area (Å²) < 4.78 is 4.95. The molecule has 86 valence electrons. The molecule has 1 amide bonds. The fourth-order valence-electron chi connectivity index (χ4n) is 1.70. The molecule has 1 aliphatic carbocycles. The van der Waals surface area contributed by atoms with E-state index in [1.54, 1.807) is 0 Å². The number of carboxylic acids is 1. The maximum absolute atomic E-state index is 11.6. The Morgan fingerprint density at radius 1 is 1.53 bits per heavy atom. The van der Waals surface area contributed by atoms with Crippen LogP contribution in [0, 0.1) is 0 Å². The zero-order valence-electron chi connectivity index (χ0n) is 9.08. The van der Waals surface area contributed by atoms with Gasteiger partial charge in [-0.1, -0.05) is 6.92 Å². The molecular weight excluding hydrogens is 198 g/mol. The van der Waals surface area contributed by atoms with E-state index < -0.39 is 17.6 Å². The highest BCUT2D eigenvalue weighted by molar-refractivity contribution is 5.89. The number of methoxy groups -OCH3 is 1. The van der Waals surface area contributed by atoms with E-state index in [0.29, 0.717) is 19.3 Å². The molecule has 1 rings (SSSR count). The average Bonchev–Trinajstić information content (AvgIpc) is 2.12. The van der Waals surface area contributed by atoms with Gasteiger partial charge in [-0.15, -0.1) is 0 Å². The van der Waals surface area contributed by atoms with Gasteiger partial charge in [-0.2, -0.15) is 0 Å². The van der Waals surface area contributed by atoms with Gasteiger partial charge in [-0.05, 0) is 25.7 Å². The molecule has 0 aromatic rings. The Kier molecular flexibility index (Phi) is 3.68. The molecule has 1 atom stereocenters. The van der Waals surface area contributed by atoms with Gasteiger partial charge < -0.3 is 15.2 Å². The van der Waals surface area contributed by atoms with Crippen LogP contribution < -0.4 is 5.32 Å². The van der Waals surface area contributed by atoms with Crippen molar-refractivity contribution in [2.45, 2.75) is 44.2 Å². The van der Waals surface area contributed by atoms with Crippen LogP contribution in [0.15, 0.2) is 0 Å². The van der Waals surface area contributed by atoms with Crippen LogP contribution in [0.4, 0.5) is 0 Å². The molecule has 0 bridgehead atoms. The standard InChI is InChI=1S/C10H17NO4/c1-3-7(15-2)8(12)11-10(9(13)14)5-4-6-10/h7H,3-6H2,1-2H3,(H,11,12)(H,13,14). The van der Waals surface area contributed by atoms with Crippen molar-refractivity contribution in [2.24, 2.45) is 0 Å². The van der Waals surface area contributed by atoms with E-state index in [0.717, 1.165) is 6.42 Å². The van der Waals surface area contributed by atoms with Crippen molar-refractivity contribution >= 4 is 11.9 Å². The predicted octanol–water partition coefficient (Wildman–Crippen LogP) is 0.535. The first-order valence-electron chi connectivity index (χ1n) is 5.14. The van der Waals surface area contributed by atoms with Gasteiger partial charge >= 0.3 is 5.97 Å². The van der Waals surface area contributed by atoms with Gasteiger partial charge in [0, 0.05) is 7.11 Å². The Balaban J connectivity index is 2.59. The van der Waals surface area contributed by atoms with E-state index in [4.69, 9.17) is 9.84 Å². The van der Waals surface area contributed by atoms with Gasteiger partial charge in [0.25, 0.3) is 0 Å². The monoisotopic (exact) mass is 215 g/mol. The Hall–Kier alpha value is -1.10. The van der Waals surface area contributed by atoms with Crippen LogP contribution in [0.1, 0.15) is 32.6 Å². The van der Waals surface area contributed by atoms with Crippen LogP contribution in [0.3, 0.4) is 0 Å². The van der Waals surface area contributed by atoms with Gasteiger partial charge in [0.15, 0.2) is 0 Å². The zero-order valence-corrected chi connectivity index (χ0v) is 9.08. The summed E-state index contributed by atoms with van der Waals surface area (Å²) in [6, 6.07) is 0. The van der Waals surface area contributed by atoms with Crippen molar-refractivity contribution in [3.05, 3.63) is 0 Å². The molecule has 0 aromatic carbocycles. The first-order valence-corrected chi connectivity index (χ1v) is 5.14. The number of hydrogen-bond donors (Lipinski definition) is 2. The minimum atomic E-state index is -1.04. The maximum atomic E-state index is 11.6. The molecule has 0 saturated heterocycles. The Morgan fingerprint density at radius 3 is 2.40 bits per heavy atom. The summed E-state index contributed by atoms with van der Waals surface area (Å²) in [5.74, 6) is -1.28. The number of carbonyl (C=O) groups is 2. The topological polar surface area (TPSA) is 75.6 Å². The van der Waals surface area contributed by atoms with Crippen molar-refractivity contribution in [2.75, 3.05) is 7.11 Å². The third-order valence-corrected chi connectivity index (χ3v) is 2.93. The third-order valence-electron chi connectivity index (χ3n) is 2.93. The van der Waals surface area contributed by atoms with E-state index in [1.807, 2.05) is 6.92 Å². The number of hydrogen-bond acceptors (Lipinski definition) is 3. The lowest BCUT2D eigenvalue weighted by molar-refractivity contribution is -0.153. The molecule has 0 aliphatic heterocycles. The van der Waals surface area contributed by atoms with E-state index in [1.165, 1.54) is 7.11 Å². The molecule has 5 heteroatoms. The Morgan fingerprint density at radius 2 is 2.13 bits per heavy atom. The highest BCUT2D eigenvalue weighted by atomic mass is 16.5. The molecule has 1 unspecified atom stereocenters. The molecular formula is C10H17NO4. The number of carbonyl (C=O) groups excluding carboxylic acids is 1. The largest absolute Gasteiger partial charge is 0.480 e. The minimum absolute atomic E-state index is 0.331. The van der Waals surface area contributed by atoms with Gasteiger partial charge in [0.05, 0.1) is 0 Å². The van der Waals surface area contributed by atoms with E-state index in [-0.39, 0.29) is 5.91 Å². The van der Waals surface area contributed by atoms with Crippen LogP contribution >= 0.6 is 0 Å². The van der Waals surface area contributed by atoms with E-state index in [9.17, 15) is 9.59 Å². The van der Waals surface area contributed by atoms with E-state index >= 15 is 0 Å². The van der Waals surface area contributed by atoms with Crippen LogP contribution in [0.2, 0.25) is 0 Å². The molecule has 1 aliphatic rings. The molecule has 15 heavy (non-hydrogen) atoms. The molecule has 0 radical (unpaired) electrons. The second-order valence-corrected chi connectivity index (χ2v) is 3.86. The summed E-state index contributed by atoms with van der Waals surface area (Å²) in [6.07, 6.45) is 1.85. The van der Waals surface area contributed by atoms with Crippen molar-refractivity contribution in [3.8, 4) is 0 Å². The normalized spacial score (nSPS) is 20.1. The SMILES string of the molecule is CCC(OC)C(=O)NC1(C(=O)O)CCC1. The second kappa shape index (κ2) is 4.61. The van der Waals surface area contributed by atoms with Crippen molar-refractivity contribution in [1.29, 1.82) is 0 Å². The Bertz CT molecular complexity index is 256. The van der Waals surface area contributed by atoms with E-state index in [2.05, 4.69) is 5.32 Å². The number of amides is 1. The summed E-state index contributed by atoms with van der Waals surface area (Å²) in [5, 5.41) is 11.6. The summed E-state index contributed by atoms with van der Waals surface area (Å²) in [5.41, 5.74) is -1.04. The highest BCUT2D eigenvalue weighted by Crippen LogP contribution is 2.32. The lowest BCUT2D eigenvalue weighted by Crippen LogP contribution is -2.61. The number of ether oxygens (including phenoxy) is 1. The van der Waals surface area contributed by atoms with Gasteiger partial charge in [-0.3, -0.25) is 4.79 Å². The number of rotatable bonds is 5. The molecule has 0 spiro atoms. The summed E-state index contributed by atoms with van der Waals surface area (Å²) in [6.45, 7) is 1.82. The highest BCUT2D eigenvalue weighted by Gasteiger charge is 2.46. The van der Waals surface area contributed by atoms with Crippen molar-refractivity contribution in [1.82, 2.24) is 5.32 Å². The maximum Gasteiger partial charge on any atom is 0.329 e. The van der Waals surface area contributed by atoms with Crippen LogP contribution in [0.5, 0.6) is 0 Å². The molecule has 1 saturated carbocycles. The van der Waals surface area contributed by atoms with Gasteiger partial charge in [-0.25, -0.2) is 4.79 Å². The number of carboxylic acid groups (broad SMARTS) is 1. The fourth-order valence-corrected chi connectivity index (χ4v) is 1.70. The first-order chi connectivity index (χ1) is 7.05.